The first kappa shape index (κ1) is 25.2. The summed E-state index contributed by atoms with van der Waals surface area (Å²) in [6.07, 6.45) is -0.358. The highest BCUT2D eigenvalue weighted by Gasteiger charge is 2.19. The lowest BCUT2D eigenvalue weighted by Crippen LogP contribution is -2.43. The second-order valence-corrected chi connectivity index (χ2v) is 7.56. The molecule has 1 amide bonds. The molecular weight excluding hydrogens is 388 g/mol. The molecule has 0 aliphatic carbocycles. The zero-order valence-corrected chi connectivity index (χ0v) is 19.4. The van der Waals surface area contributed by atoms with Gasteiger partial charge in [-0.3, -0.25) is 0 Å². The topological polar surface area (TPSA) is 93.7 Å². The van der Waals surface area contributed by atoms with Crippen molar-refractivity contribution in [1.82, 2.24) is 15.5 Å². The summed E-state index contributed by atoms with van der Waals surface area (Å²) in [5.41, 5.74) is 0.392. The molecule has 9 nitrogen and oxygen atoms in total. The van der Waals surface area contributed by atoms with E-state index in [0.717, 1.165) is 5.56 Å². The summed E-state index contributed by atoms with van der Waals surface area (Å²) in [5.74, 6) is 2.35. The second-order valence-electron chi connectivity index (χ2n) is 7.56. The number of carbonyl (C=O) groups excluding carboxylic acids is 1. The minimum Gasteiger partial charge on any atom is -0.493 e. The highest BCUT2D eigenvalue weighted by molar-refractivity contribution is 5.79. The number of guanidine groups is 1. The molecular formula is C21H36N4O5. The molecule has 0 bridgehead atoms. The Hall–Kier alpha value is -2.84. The summed E-state index contributed by atoms with van der Waals surface area (Å²) in [7, 11) is 6.43. The molecule has 0 aliphatic rings. The number of rotatable bonds is 9. The Bertz CT molecular complexity index is 691. The van der Waals surface area contributed by atoms with E-state index in [0.29, 0.717) is 49.4 Å². The first-order valence-electron chi connectivity index (χ1n) is 9.90. The second kappa shape index (κ2) is 12.0. The molecule has 1 aromatic carbocycles. The Kier molecular flexibility index (Phi) is 10.1. The normalized spacial score (nSPS) is 11.5. The Morgan fingerprint density at radius 3 is 2.13 bits per heavy atom. The lowest BCUT2D eigenvalue weighted by atomic mass is 10.2. The van der Waals surface area contributed by atoms with Crippen LogP contribution in [0.3, 0.4) is 0 Å². The quantitative estimate of drug-likeness (QED) is 0.465. The van der Waals surface area contributed by atoms with Gasteiger partial charge >= 0.3 is 6.09 Å². The molecule has 0 spiro atoms. The molecule has 0 heterocycles. The Morgan fingerprint density at radius 1 is 1.07 bits per heavy atom. The van der Waals surface area contributed by atoms with Gasteiger partial charge in [-0.05, 0) is 45.4 Å². The molecule has 1 rings (SSSR count). The third-order valence-corrected chi connectivity index (χ3v) is 3.93. The van der Waals surface area contributed by atoms with Gasteiger partial charge in [0, 0.05) is 26.7 Å². The molecule has 9 heteroatoms. The molecule has 170 valence electrons. The van der Waals surface area contributed by atoms with Crippen LogP contribution in [-0.2, 0) is 11.3 Å². The van der Waals surface area contributed by atoms with Crippen molar-refractivity contribution < 1.29 is 23.7 Å². The number of hydrogen-bond donors (Lipinski definition) is 2. The van der Waals surface area contributed by atoms with Gasteiger partial charge in [0.25, 0.3) is 0 Å². The highest BCUT2D eigenvalue weighted by atomic mass is 16.6. The van der Waals surface area contributed by atoms with E-state index in [1.165, 1.54) is 4.90 Å². The van der Waals surface area contributed by atoms with E-state index < -0.39 is 5.60 Å². The number of ether oxygens (including phenoxy) is 4. The number of nitrogens with one attached hydrogen (secondary N) is 2. The third kappa shape index (κ3) is 8.26. The van der Waals surface area contributed by atoms with Crippen molar-refractivity contribution >= 4 is 12.1 Å². The molecule has 2 N–H and O–H groups in total. The molecule has 0 unspecified atom stereocenters. The van der Waals surface area contributed by atoms with Gasteiger partial charge in [0.1, 0.15) is 5.60 Å². The number of amides is 1. The monoisotopic (exact) mass is 424 g/mol. The smallest absolute Gasteiger partial charge is 0.410 e. The zero-order chi connectivity index (χ0) is 22.7. The zero-order valence-electron chi connectivity index (χ0n) is 19.4. The maximum absolute atomic E-state index is 12.0. The molecule has 0 fully saturated rings. The van der Waals surface area contributed by atoms with E-state index in [1.807, 2.05) is 39.8 Å². The van der Waals surface area contributed by atoms with Crippen LogP contribution in [0.1, 0.15) is 33.3 Å². The van der Waals surface area contributed by atoms with Crippen molar-refractivity contribution in [3.8, 4) is 17.2 Å². The molecule has 0 saturated heterocycles. The number of likely N-dealkylation sites (N-methyl/N-ethyl adjacent to an activating group) is 1. The molecule has 0 atom stereocenters. The number of hydrogen-bond acceptors (Lipinski definition) is 6. The van der Waals surface area contributed by atoms with Crippen molar-refractivity contribution in [2.45, 2.75) is 39.8 Å². The maximum Gasteiger partial charge on any atom is 0.410 e. The van der Waals surface area contributed by atoms with Gasteiger partial charge in [0.2, 0.25) is 5.75 Å². The van der Waals surface area contributed by atoms with Crippen LogP contribution in [0.25, 0.3) is 0 Å². The van der Waals surface area contributed by atoms with Gasteiger partial charge in [-0.1, -0.05) is 0 Å². The summed E-state index contributed by atoms with van der Waals surface area (Å²) in [5, 5.41) is 6.41. The molecule has 0 aliphatic heterocycles. The van der Waals surface area contributed by atoms with Gasteiger partial charge in [-0.25, -0.2) is 9.79 Å². The largest absolute Gasteiger partial charge is 0.493 e. The van der Waals surface area contributed by atoms with Crippen molar-refractivity contribution in [2.75, 3.05) is 48.0 Å². The summed E-state index contributed by atoms with van der Waals surface area (Å²) in [4.78, 5) is 18.2. The lowest BCUT2D eigenvalue weighted by molar-refractivity contribution is 0.0302. The van der Waals surface area contributed by atoms with Crippen LogP contribution in [0.2, 0.25) is 0 Å². The Balaban J connectivity index is 2.76. The fourth-order valence-electron chi connectivity index (χ4n) is 2.51. The molecule has 1 aromatic rings. The van der Waals surface area contributed by atoms with E-state index in [4.69, 9.17) is 18.9 Å². The van der Waals surface area contributed by atoms with E-state index >= 15 is 0 Å². The van der Waals surface area contributed by atoms with Crippen LogP contribution in [0.15, 0.2) is 17.1 Å². The SMILES string of the molecule is CCNC(=NCc1cc(OC)c(OC)c(OC)c1)NCCN(C)C(=O)OC(C)(C)C. The number of carbonyl (C=O) groups is 1. The maximum atomic E-state index is 12.0. The summed E-state index contributed by atoms with van der Waals surface area (Å²) < 4.78 is 21.5. The van der Waals surface area contributed by atoms with Crippen molar-refractivity contribution in [3.05, 3.63) is 17.7 Å². The molecule has 30 heavy (non-hydrogen) atoms. The van der Waals surface area contributed by atoms with Gasteiger partial charge in [0.05, 0.1) is 27.9 Å². The summed E-state index contributed by atoms with van der Waals surface area (Å²) in [6, 6.07) is 3.73. The predicted molar refractivity (Wildman–Crippen MR) is 118 cm³/mol. The number of nitrogens with zero attached hydrogens (tertiary/aromatic N) is 2. The summed E-state index contributed by atoms with van der Waals surface area (Å²) in [6.45, 7) is 9.64. The van der Waals surface area contributed by atoms with Crippen LogP contribution < -0.4 is 24.8 Å². The van der Waals surface area contributed by atoms with Crippen LogP contribution >= 0.6 is 0 Å². The Labute approximate surface area is 179 Å². The predicted octanol–water partition coefficient (Wildman–Crippen LogP) is 2.63. The lowest BCUT2D eigenvalue weighted by Gasteiger charge is -2.25. The van der Waals surface area contributed by atoms with Gasteiger partial charge in [0.15, 0.2) is 17.5 Å². The average molecular weight is 425 g/mol. The minimum absolute atomic E-state index is 0.358. The van der Waals surface area contributed by atoms with Crippen molar-refractivity contribution in [3.63, 3.8) is 0 Å². The van der Waals surface area contributed by atoms with E-state index in [-0.39, 0.29) is 6.09 Å². The highest BCUT2D eigenvalue weighted by Crippen LogP contribution is 2.38. The molecule has 0 radical (unpaired) electrons. The standard InChI is InChI=1S/C21H36N4O5/c1-9-22-19(23-10-11-25(5)20(26)30-21(2,3)4)24-14-15-12-16(27-6)18(29-8)17(13-15)28-7/h12-13H,9-11,14H2,1-8H3,(H2,22,23,24). The minimum atomic E-state index is -0.518. The van der Waals surface area contributed by atoms with E-state index in [2.05, 4.69) is 15.6 Å². The first-order chi connectivity index (χ1) is 14.1. The van der Waals surface area contributed by atoms with Crippen molar-refractivity contribution in [1.29, 1.82) is 0 Å². The van der Waals surface area contributed by atoms with Gasteiger partial charge < -0.3 is 34.5 Å². The molecule has 0 aromatic heterocycles. The molecule has 0 saturated carbocycles. The van der Waals surface area contributed by atoms with Crippen LogP contribution in [0, 0.1) is 0 Å². The van der Waals surface area contributed by atoms with E-state index in [9.17, 15) is 4.79 Å². The fourth-order valence-corrected chi connectivity index (χ4v) is 2.51. The van der Waals surface area contributed by atoms with Crippen LogP contribution in [0.4, 0.5) is 4.79 Å². The van der Waals surface area contributed by atoms with Crippen LogP contribution in [0.5, 0.6) is 17.2 Å². The van der Waals surface area contributed by atoms with Crippen molar-refractivity contribution in [2.24, 2.45) is 4.99 Å². The average Bonchev–Trinajstić information content (AvgIpc) is 2.69. The Morgan fingerprint density at radius 2 is 1.67 bits per heavy atom. The number of aliphatic imine (C=N–C) groups is 1. The van der Waals surface area contributed by atoms with E-state index in [1.54, 1.807) is 28.4 Å². The summed E-state index contributed by atoms with van der Waals surface area (Å²) >= 11 is 0. The number of benzene rings is 1. The third-order valence-electron chi connectivity index (χ3n) is 3.93. The number of methoxy groups -OCH3 is 3. The first-order valence-corrected chi connectivity index (χ1v) is 9.90. The fraction of sp³-hybridized carbons (Fsp3) is 0.619. The van der Waals surface area contributed by atoms with Gasteiger partial charge in [-0.15, -0.1) is 0 Å². The van der Waals surface area contributed by atoms with Gasteiger partial charge in [-0.2, -0.15) is 0 Å². The van der Waals surface area contributed by atoms with Crippen LogP contribution in [-0.4, -0.2) is 70.6 Å².